The smallest absolute Gasteiger partial charge is 0.272 e. The fraction of sp³-hybridized carbons (Fsp3) is 0.0870. The monoisotopic (exact) mass is 459 g/mol. The number of nitrogens with two attached hydrogens (primary N) is 1. The van der Waals surface area contributed by atoms with E-state index in [-0.39, 0.29) is 23.2 Å². The van der Waals surface area contributed by atoms with E-state index in [2.05, 4.69) is 26.3 Å². The second-order valence-corrected chi connectivity index (χ2v) is 7.87. The SMILES string of the molecule is Cn1ncc(-c2ccc3c(=O)[nH]nc(CN)c3c2)c1-c1c(F)cc2ncc(Cl)cc2c1C#N. The number of nitrogens with one attached hydrogen (secondary N) is 1. The van der Waals surface area contributed by atoms with Gasteiger partial charge in [0.15, 0.2) is 0 Å². The van der Waals surface area contributed by atoms with Gasteiger partial charge in [-0.2, -0.15) is 15.5 Å². The predicted molar refractivity (Wildman–Crippen MR) is 123 cm³/mol. The minimum Gasteiger partial charge on any atom is -0.325 e. The number of halogens is 2. The fourth-order valence-corrected chi connectivity index (χ4v) is 4.21. The highest BCUT2D eigenvalue weighted by atomic mass is 35.5. The summed E-state index contributed by atoms with van der Waals surface area (Å²) in [5, 5.41) is 22.5. The normalized spacial score (nSPS) is 11.2. The number of H-pyrrole nitrogens is 1. The van der Waals surface area contributed by atoms with Gasteiger partial charge in [-0.15, -0.1) is 0 Å². The lowest BCUT2D eigenvalue weighted by atomic mass is 9.94. The van der Waals surface area contributed by atoms with Crippen molar-refractivity contribution >= 4 is 33.3 Å². The Morgan fingerprint density at radius 1 is 1.21 bits per heavy atom. The van der Waals surface area contributed by atoms with E-state index >= 15 is 4.39 Å². The van der Waals surface area contributed by atoms with Crippen LogP contribution in [0.25, 0.3) is 44.1 Å². The van der Waals surface area contributed by atoms with E-state index in [4.69, 9.17) is 17.3 Å². The van der Waals surface area contributed by atoms with Gasteiger partial charge in [0.25, 0.3) is 5.56 Å². The van der Waals surface area contributed by atoms with Crippen LogP contribution in [0, 0.1) is 17.1 Å². The molecule has 2 aromatic carbocycles. The summed E-state index contributed by atoms with van der Waals surface area (Å²) in [4.78, 5) is 16.3. The summed E-state index contributed by atoms with van der Waals surface area (Å²) in [7, 11) is 1.67. The minimum absolute atomic E-state index is 0.0900. The van der Waals surface area contributed by atoms with E-state index in [1.165, 1.54) is 16.9 Å². The van der Waals surface area contributed by atoms with Crippen LogP contribution in [0.15, 0.2) is 47.5 Å². The Morgan fingerprint density at radius 3 is 2.79 bits per heavy atom. The highest BCUT2D eigenvalue weighted by molar-refractivity contribution is 6.31. The van der Waals surface area contributed by atoms with Crippen LogP contribution in [0.4, 0.5) is 4.39 Å². The maximum absolute atomic E-state index is 15.4. The Hall–Kier alpha value is -4.13. The van der Waals surface area contributed by atoms with Crippen LogP contribution >= 0.6 is 11.6 Å². The molecular weight excluding hydrogens is 445 g/mol. The molecule has 3 aromatic heterocycles. The van der Waals surface area contributed by atoms with Gasteiger partial charge in [0, 0.05) is 42.2 Å². The average molecular weight is 460 g/mol. The van der Waals surface area contributed by atoms with Crippen molar-refractivity contribution < 1.29 is 4.39 Å². The van der Waals surface area contributed by atoms with Crippen molar-refractivity contribution in [2.45, 2.75) is 6.54 Å². The van der Waals surface area contributed by atoms with Gasteiger partial charge in [-0.05, 0) is 23.8 Å². The van der Waals surface area contributed by atoms with E-state index in [1.807, 2.05) is 0 Å². The van der Waals surface area contributed by atoms with Crippen molar-refractivity contribution in [1.82, 2.24) is 25.0 Å². The molecule has 0 amide bonds. The molecule has 5 rings (SSSR count). The molecule has 10 heteroatoms. The molecule has 0 atom stereocenters. The maximum atomic E-state index is 15.4. The van der Waals surface area contributed by atoms with Crippen molar-refractivity contribution in [2.24, 2.45) is 12.8 Å². The van der Waals surface area contributed by atoms with Crippen LogP contribution in [-0.2, 0) is 13.6 Å². The number of hydrogen-bond donors (Lipinski definition) is 2. The third kappa shape index (κ3) is 3.24. The van der Waals surface area contributed by atoms with Crippen molar-refractivity contribution in [2.75, 3.05) is 0 Å². The lowest BCUT2D eigenvalue weighted by molar-refractivity contribution is 0.629. The first-order valence-corrected chi connectivity index (χ1v) is 10.2. The first-order chi connectivity index (χ1) is 15.9. The zero-order chi connectivity index (χ0) is 23.3. The summed E-state index contributed by atoms with van der Waals surface area (Å²) < 4.78 is 16.9. The third-order valence-corrected chi connectivity index (χ3v) is 5.77. The number of aryl methyl sites for hydroxylation is 1. The summed E-state index contributed by atoms with van der Waals surface area (Å²) in [6.45, 7) is 0.127. The van der Waals surface area contributed by atoms with Crippen molar-refractivity contribution in [1.29, 1.82) is 5.26 Å². The van der Waals surface area contributed by atoms with Gasteiger partial charge in [-0.3, -0.25) is 14.5 Å². The molecule has 33 heavy (non-hydrogen) atoms. The molecule has 0 spiro atoms. The van der Waals surface area contributed by atoms with Crippen molar-refractivity contribution in [3.05, 3.63) is 75.2 Å². The largest absolute Gasteiger partial charge is 0.325 e. The molecule has 3 N–H and O–H groups in total. The van der Waals surface area contributed by atoms with Gasteiger partial charge in [0.1, 0.15) is 11.9 Å². The number of benzene rings is 2. The molecule has 5 aromatic rings. The minimum atomic E-state index is -0.611. The molecule has 0 aliphatic carbocycles. The molecule has 162 valence electrons. The number of aromatic amines is 1. The summed E-state index contributed by atoms with van der Waals surface area (Å²) in [5.41, 5.74) is 8.14. The van der Waals surface area contributed by atoms with Gasteiger partial charge in [-0.1, -0.05) is 17.7 Å². The Balaban J connectivity index is 1.83. The molecule has 0 bridgehead atoms. The van der Waals surface area contributed by atoms with Crippen molar-refractivity contribution in [3.63, 3.8) is 0 Å². The lowest BCUT2D eigenvalue weighted by Crippen LogP contribution is -2.13. The molecule has 0 aliphatic rings. The molecule has 3 heterocycles. The number of aromatic nitrogens is 5. The molecule has 8 nitrogen and oxygen atoms in total. The van der Waals surface area contributed by atoms with Crippen LogP contribution in [-0.4, -0.2) is 25.0 Å². The van der Waals surface area contributed by atoms with Gasteiger partial charge in [0.05, 0.1) is 44.6 Å². The molecule has 0 radical (unpaired) electrons. The van der Waals surface area contributed by atoms with E-state index in [1.54, 1.807) is 37.5 Å². The summed E-state index contributed by atoms with van der Waals surface area (Å²) >= 11 is 6.09. The van der Waals surface area contributed by atoms with Crippen LogP contribution in [0.5, 0.6) is 0 Å². The van der Waals surface area contributed by atoms with E-state index in [9.17, 15) is 10.1 Å². The van der Waals surface area contributed by atoms with Gasteiger partial charge in [0.2, 0.25) is 0 Å². The molecule has 0 fully saturated rings. The molecule has 0 unspecified atom stereocenters. The number of fused-ring (bicyclic) bond motifs is 2. The zero-order valence-corrected chi connectivity index (χ0v) is 18.0. The summed E-state index contributed by atoms with van der Waals surface area (Å²) in [6.07, 6.45) is 2.99. The zero-order valence-electron chi connectivity index (χ0n) is 17.2. The molecule has 0 aliphatic heterocycles. The van der Waals surface area contributed by atoms with Crippen LogP contribution in [0.3, 0.4) is 0 Å². The van der Waals surface area contributed by atoms with Crippen molar-refractivity contribution in [3.8, 4) is 28.5 Å². The van der Waals surface area contributed by atoms with E-state index in [0.29, 0.717) is 49.2 Å². The Morgan fingerprint density at radius 2 is 2.03 bits per heavy atom. The Kier molecular flexibility index (Phi) is 4.89. The first kappa shape index (κ1) is 20.8. The fourth-order valence-electron chi connectivity index (χ4n) is 4.05. The lowest BCUT2D eigenvalue weighted by Gasteiger charge is -2.13. The number of pyridine rings is 1. The number of hydrogen-bond acceptors (Lipinski definition) is 6. The highest BCUT2D eigenvalue weighted by Crippen LogP contribution is 2.39. The highest BCUT2D eigenvalue weighted by Gasteiger charge is 2.23. The number of nitrogens with zero attached hydrogens (tertiary/aromatic N) is 5. The van der Waals surface area contributed by atoms with Crippen LogP contribution in [0.2, 0.25) is 5.02 Å². The predicted octanol–water partition coefficient (Wildman–Crippen LogP) is 3.66. The Labute approximate surface area is 191 Å². The molecular formula is C23H15ClFN7O. The maximum Gasteiger partial charge on any atom is 0.272 e. The van der Waals surface area contributed by atoms with Crippen LogP contribution < -0.4 is 11.3 Å². The van der Waals surface area contributed by atoms with E-state index in [0.717, 1.165) is 0 Å². The van der Waals surface area contributed by atoms with Crippen LogP contribution in [0.1, 0.15) is 11.3 Å². The first-order valence-electron chi connectivity index (χ1n) is 9.85. The van der Waals surface area contributed by atoms with Gasteiger partial charge >= 0.3 is 0 Å². The second kappa shape index (κ2) is 7.78. The third-order valence-electron chi connectivity index (χ3n) is 5.57. The molecule has 0 saturated carbocycles. The van der Waals surface area contributed by atoms with Gasteiger partial charge in [-0.25, -0.2) is 9.49 Å². The summed E-state index contributed by atoms with van der Waals surface area (Å²) in [5.74, 6) is -0.611. The average Bonchev–Trinajstić information content (AvgIpc) is 3.19. The topological polar surface area (TPSA) is 126 Å². The summed E-state index contributed by atoms with van der Waals surface area (Å²) in [6, 6.07) is 10.1. The molecule has 0 saturated heterocycles. The van der Waals surface area contributed by atoms with Gasteiger partial charge < -0.3 is 5.73 Å². The number of rotatable bonds is 3. The second-order valence-electron chi connectivity index (χ2n) is 7.43. The quantitative estimate of drug-likeness (QED) is 0.424. The standard InChI is InChI=1S/C23H15ClFN7O/c1-32-22(21-16(7-26)15-5-12(24)9-28-19(15)6-18(21)25)17(10-29-32)11-2-3-13-14(4-11)20(8-27)30-31-23(13)33/h2-6,9-10H,8,27H2,1H3,(H,31,33). The number of nitriles is 1. The van der Waals surface area contributed by atoms with E-state index < -0.39 is 5.82 Å². The Bertz CT molecular complexity index is 1680.